The first-order valence-corrected chi connectivity index (χ1v) is 9.15. The maximum atomic E-state index is 12.4. The van der Waals surface area contributed by atoms with Gasteiger partial charge in [0.2, 0.25) is 10.0 Å². The minimum atomic E-state index is -3.50. The quantitative estimate of drug-likeness (QED) is 0.854. The molecule has 0 amide bonds. The maximum absolute atomic E-state index is 12.4. The van der Waals surface area contributed by atoms with Crippen molar-refractivity contribution in [2.45, 2.75) is 31.7 Å². The zero-order chi connectivity index (χ0) is 15.5. The second kappa shape index (κ2) is 6.60. The number of hydrogen-bond acceptors (Lipinski definition) is 4. The van der Waals surface area contributed by atoms with Crippen molar-refractivity contribution >= 4 is 27.0 Å². The molecule has 0 spiro atoms. The highest BCUT2D eigenvalue weighted by atomic mass is 32.2. The summed E-state index contributed by atoms with van der Waals surface area (Å²) in [6, 6.07) is 10.5. The molecule has 0 aliphatic heterocycles. The molecule has 6 heteroatoms. The molecule has 21 heavy (non-hydrogen) atoms. The van der Waals surface area contributed by atoms with E-state index < -0.39 is 10.0 Å². The van der Waals surface area contributed by atoms with Crippen LogP contribution in [-0.2, 0) is 10.0 Å². The molecule has 2 rings (SSSR count). The lowest BCUT2D eigenvalue weighted by Gasteiger charge is -2.13. The summed E-state index contributed by atoms with van der Waals surface area (Å²) in [6.07, 6.45) is 0. The Balaban J connectivity index is 2.14. The third kappa shape index (κ3) is 4.06. The zero-order valence-corrected chi connectivity index (χ0v) is 14.0. The molecular weight excluding hydrogens is 304 g/mol. The van der Waals surface area contributed by atoms with Gasteiger partial charge in [-0.05, 0) is 57.2 Å². The minimum absolute atomic E-state index is 0.234. The summed E-state index contributed by atoms with van der Waals surface area (Å²) in [7, 11) is -3.50. The van der Waals surface area contributed by atoms with Gasteiger partial charge in [-0.1, -0.05) is 0 Å². The molecule has 4 nitrogen and oxygen atoms in total. The molecule has 2 N–H and O–H groups in total. The topological polar surface area (TPSA) is 58.2 Å². The van der Waals surface area contributed by atoms with Crippen LogP contribution in [0.25, 0.3) is 0 Å². The van der Waals surface area contributed by atoms with Crippen LogP contribution in [0, 0.1) is 6.92 Å². The molecule has 0 saturated heterocycles. The molecule has 0 radical (unpaired) electrons. The van der Waals surface area contributed by atoms with E-state index in [1.165, 1.54) is 4.88 Å². The number of thiophene rings is 1. The fourth-order valence-corrected chi connectivity index (χ4v) is 4.18. The first-order chi connectivity index (χ1) is 9.92. The highest BCUT2D eigenvalue weighted by Crippen LogP contribution is 2.24. The molecule has 0 aliphatic rings. The van der Waals surface area contributed by atoms with E-state index in [0.29, 0.717) is 0 Å². The van der Waals surface area contributed by atoms with Crippen LogP contribution in [-0.4, -0.2) is 15.0 Å². The number of sulfonamides is 1. The second-order valence-corrected chi connectivity index (χ2v) is 7.88. The standard InChI is InChI=1S/C15H20N2O2S2/c1-4-16-13-6-8-14(9-7-13)21(18,19)17-12(3)15-10-5-11(2)20-15/h5-10,12,16-17H,4H2,1-3H3. The molecule has 0 saturated carbocycles. The van der Waals surface area contributed by atoms with Gasteiger partial charge in [0.1, 0.15) is 0 Å². The Morgan fingerprint density at radius 3 is 2.33 bits per heavy atom. The zero-order valence-electron chi connectivity index (χ0n) is 12.4. The summed E-state index contributed by atoms with van der Waals surface area (Å²) >= 11 is 1.60. The highest BCUT2D eigenvalue weighted by molar-refractivity contribution is 7.89. The van der Waals surface area contributed by atoms with Crippen molar-refractivity contribution in [3.8, 4) is 0 Å². The van der Waals surface area contributed by atoms with E-state index in [1.807, 2.05) is 32.9 Å². The molecular formula is C15H20N2O2S2. The normalized spacial score (nSPS) is 13.1. The smallest absolute Gasteiger partial charge is 0.241 e. The van der Waals surface area contributed by atoms with Gasteiger partial charge >= 0.3 is 0 Å². The van der Waals surface area contributed by atoms with Gasteiger partial charge in [0.05, 0.1) is 10.9 Å². The molecule has 2 aromatic rings. The summed E-state index contributed by atoms with van der Waals surface area (Å²) in [6.45, 7) is 6.67. The number of hydrogen-bond donors (Lipinski definition) is 2. The van der Waals surface area contributed by atoms with E-state index >= 15 is 0 Å². The Morgan fingerprint density at radius 1 is 1.14 bits per heavy atom. The van der Waals surface area contributed by atoms with Gasteiger partial charge in [0.25, 0.3) is 0 Å². The summed E-state index contributed by atoms with van der Waals surface area (Å²) < 4.78 is 27.4. The van der Waals surface area contributed by atoms with Gasteiger partial charge in [-0.15, -0.1) is 11.3 Å². The van der Waals surface area contributed by atoms with Crippen LogP contribution in [0.5, 0.6) is 0 Å². The Bertz CT molecular complexity index is 691. The van der Waals surface area contributed by atoms with E-state index in [0.717, 1.165) is 17.1 Å². The predicted molar refractivity (Wildman–Crippen MR) is 88.4 cm³/mol. The van der Waals surface area contributed by atoms with Crippen molar-refractivity contribution in [3.63, 3.8) is 0 Å². The largest absolute Gasteiger partial charge is 0.385 e. The maximum Gasteiger partial charge on any atom is 0.241 e. The first-order valence-electron chi connectivity index (χ1n) is 6.85. The molecule has 1 aromatic carbocycles. The Kier molecular flexibility index (Phi) is 5.03. The molecule has 114 valence electrons. The van der Waals surface area contributed by atoms with E-state index in [9.17, 15) is 8.42 Å². The van der Waals surface area contributed by atoms with Gasteiger partial charge in [-0.25, -0.2) is 13.1 Å². The van der Waals surface area contributed by atoms with Crippen LogP contribution in [0.15, 0.2) is 41.3 Å². The second-order valence-electron chi connectivity index (χ2n) is 4.85. The van der Waals surface area contributed by atoms with E-state index in [4.69, 9.17) is 0 Å². The number of aryl methyl sites for hydroxylation is 1. The fraction of sp³-hybridized carbons (Fsp3) is 0.333. The molecule has 0 bridgehead atoms. The van der Waals surface area contributed by atoms with Crippen molar-refractivity contribution in [2.75, 3.05) is 11.9 Å². The van der Waals surface area contributed by atoms with Crippen LogP contribution in [0.3, 0.4) is 0 Å². The average molecular weight is 324 g/mol. The lowest BCUT2D eigenvalue weighted by molar-refractivity contribution is 0.568. The van der Waals surface area contributed by atoms with Crippen LogP contribution >= 0.6 is 11.3 Å². The van der Waals surface area contributed by atoms with Crippen molar-refractivity contribution in [1.82, 2.24) is 4.72 Å². The monoisotopic (exact) mass is 324 g/mol. The Labute approximate surface area is 130 Å². The Morgan fingerprint density at radius 2 is 1.81 bits per heavy atom. The van der Waals surface area contributed by atoms with E-state index in [2.05, 4.69) is 10.0 Å². The van der Waals surface area contributed by atoms with E-state index in [-0.39, 0.29) is 10.9 Å². The van der Waals surface area contributed by atoms with Gasteiger partial charge < -0.3 is 5.32 Å². The Hall–Kier alpha value is -1.37. The number of benzene rings is 1. The van der Waals surface area contributed by atoms with Crippen LogP contribution in [0.2, 0.25) is 0 Å². The lowest BCUT2D eigenvalue weighted by Crippen LogP contribution is -2.26. The summed E-state index contributed by atoms with van der Waals surface area (Å²) in [5.41, 5.74) is 0.915. The molecule has 1 atom stereocenters. The molecule has 1 aromatic heterocycles. The third-order valence-electron chi connectivity index (χ3n) is 3.07. The van der Waals surface area contributed by atoms with Crippen molar-refractivity contribution in [2.24, 2.45) is 0 Å². The van der Waals surface area contributed by atoms with Crippen molar-refractivity contribution in [3.05, 3.63) is 46.2 Å². The minimum Gasteiger partial charge on any atom is -0.385 e. The van der Waals surface area contributed by atoms with Gasteiger partial charge in [-0.2, -0.15) is 0 Å². The summed E-state index contributed by atoms with van der Waals surface area (Å²) in [5.74, 6) is 0. The number of anilines is 1. The molecule has 1 unspecified atom stereocenters. The van der Waals surface area contributed by atoms with Crippen molar-refractivity contribution in [1.29, 1.82) is 0 Å². The van der Waals surface area contributed by atoms with Crippen LogP contribution in [0.4, 0.5) is 5.69 Å². The van der Waals surface area contributed by atoms with Crippen LogP contribution < -0.4 is 10.0 Å². The average Bonchev–Trinajstić information content (AvgIpc) is 2.86. The SMILES string of the molecule is CCNc1ccc(S(=O)(=O)NC(C)c2ccc(C)s2)cc1. The van der Waals surface area contributed by atoms with E-state index in [1.54, 1.807) is 35.6 Å². The lowest BCUT2D eigenvalue weighted by atomic mass is 10.3. The summed E-state index contributed by atoms with van der Waals surface area (Å²) in [5, 5.41) is 3.14. The fourth-order valence-electron chi connectivity index (χ4n) is 2.00. The summed E-state index contributed by atoms with van der Waals surface area (Å²) in [4.78, 5) is 2.47. The molecule has 0 fully saturated rings. The van der Waals surface area contributed by atoms with Crippen LogP contribution in [0.1, 0.15) is 29.6 Å². The molecule has 0 aliphatic carbocycles. The van der Waals surface area contributed by atoms with Gasteiger partial charge in [0, 0.05) is 22.0 Å². The van der Waals surface area contributed by atoms with Gasteiger partial charge in [0.15, 0.2) is 0 Å². The predicted octanol–water partition coefficient (Wildman–Crippen LogP) is 3.53. The molecule has 1 heterocycles. The van der Waals surface area contributed by atoms with Gasteiger partial charge in [-0.3, -0.25) is 0 Å². The third-order valence-corrected chi connectivity index (χ3v) is 5.81. The number of rotatable bonds is 6. The highest BCUT2D eigenvalue weighted by Gasteiger charge is 2.19. The first kappa shape index (κ1) is 16.0. The number of nitrogens with one attached hydrogen (secondary N) is 2. The van der Waals surface area contributed by atoms with Crippen molar-refractivity contribution < 1.29 is 8.42 Å².